The Morgan fingerprint density at radius 2 is 1.71 bits per heavy atom. The molecule has 1 heterocycles. The molecule has 3 aromatic rings. The fourth-order valence-corrected chi connectivity index (χ4v) is 3.76. The van der Waals surface area contributed by atoms with Crippen molar-refractivity contribution in [2.75, 3.05) is 4.90 Å². The monoisotopic (exact) mass is 539 g/mol. The van der Waals surface area contributed by atoms with E-state index in [0.29, 0.717) is 15.8 Å². The Morgan fingerprint density at radius 3 is 2.34 bits per heavy atom. The summed E-state index contributed by atoms with van der Waals surface area (Å²) in [5, 5.41) is 12.9. The summed E-state index contributed by atoms with van der Waals surface area (Å²) in [5.74, 6) is -1.77. The number of rotatable bonds is 6. The number of urea groups is 1. The number of carbonyl (C=O) groups is 3. The molecule has 4 amide bonds. The van der Waals surface area contributed by atoms with Gasteiger partial charge in [0.15, 0.2) is 0 Å². The maximum Gasteiger partial charge on any atom is 0.335 e. The summed E-state index contributed by atoms with van der Waals surface area (Å²) in [6.45, 7) is 0.159. The van der Waals surface area contributed by atoms with Gasteiger partial charge in [0.05, 0.1) is 15.1 Å². The predicted molar refractivity (Wildman–Crippen MR) is 127 cm³/mol. The fourth-order valence-electron chi connectivity index (χ4n) is 3.25. The van der Waals surface area contributed by atoms with Crippen LogP contribution in [0.25, 0.3) is 6.08 Å². The molecule has 3 aromatic carbocycles. The van der Waals surface area contributed by atoms with Crippen LogP contribution < -0.4 is 15.0 Å². The van der Waals surface area contributed by atoms with Crippen LogP contribution in [0, 0.1) is 15.9 Å². The quantitative estimate of drug-likeness (QED) is 0.209. The first kappa shape index (κ1) is 23.8. The Morgan fingerprint density at radius 1 is 1.03 bits per heavy atom. The summed E-state index contributed by atoms with van der Waals surface area (Å²) in [7, 11) is 0. The third-order valence-corrected chi connectivity index (χ3v) is 5.61. The zero-order valence-corrected chi connectivity index (χ0v) is 19.3. The Kier molecular flexibility index (Phi) is 6.69. The summed E-state index contributed by atoms with van der Waals surface area (Å²) in [6.07, 6.45) is 1.32. The SMILES string of the molecule is O=C1NC(=O)N(c2ccc(F)cc2)C(=O)/C1=C/c1ccc(OCc2ccc([N+](=O)[O-])cc2)c(Br)c1. The van der Waals surface area contributed by atoms with Gasteiger partial charge >= 0.3 is 6.03 Å². The average Bonchev–Trinajstić information content (AvgIpc) is 2.82. The molecule has 9 nitrogen and oxygen atoms in total. The number of nitrogens with zero attached hydrogens (tertiary/aromatic N) is 2. The van der Waals surface area contributed by atoms with E-state index in [4.69, 9.17) is 4.74 Å². The van der Waals surface area contributed by atoms with E-state index >= 15 is 0 Å². The van der Waals surface area contributed by atoms with Gasteiger partial charge in [-0.2, -0.15) is 0 Å². The van der Waals surface area contributed by atoms with Crippen molar-refractivity contribution >= 4 is 51.2 Å². The standard InChI is InChI=1S/C24H15BrFN3O6/c25-20-12-15(3-10-21(20)35-13-14-1-6-18(7-2-14)29(33)34)11-19-22(30)27-24(32)28(23(19)31)17-8-4-16(26)5-9-17/h1-12H,13H2,(H,27,30,32)/b19-11+. The van der Waals surface area contributed by atoms with Crippen LogP contribution in [0.5, 0.6) is 5.75 Å². The smallest absolute Gasteiger partial charge is 0.335 e. The van der Waals surface area contributed by atoms with Crippen molar-refractivity contribution in [3.8, 4) is 5.75 Å². The Bertz CT molecular complexity index is 1370. The predicted octanol–water partition coefficient (Wildman–Crippen LogP) is 4.74. The lowest BCUT2D eigenvalue weighted by molar-refractivity contribution is -0.384. The molecular formula is C24H15BrFN3O6. The maximum absolute atomic E-state index is 13.2. The lowest BCUT2D eigenvalue weighted by Gasteiger charge is -2.26. The van der Waals surface area contributed by atoms with E-state index in [1.165, 1.54) is 30.3 Å². The number of hydrogen-bond donors (Lipinski definition) is 1. The van der Waals surface area contributed by atoms with Gasteiger partial charge in [0, 0.05) is 12.1 Å². The lowest BCUT2D eigenvalue weighted by Crippen LogP contribution is -2.54. The summed E-state index contributed by atoms with van der Waals surface area (Å²) in [6, 6.07) is 14.6. The van der Waals surface area contributed by atoms with E-state index in [-0.39, 0.29) is 23.6 Å². The number of nitro groups is 1. The van der Waals surface area contributed by atoms with Crippen LogP contribution in [0.1, 0.15) is 11.1 Å². The number of ether oxygens (including phenoxy) is 1. The summed E-state index contributed by atoms with van der Waals surface area (Å²) in [4.78, 5) is 48.5. The van der Waals surface area contributed by atoms with Gasteiger partial charge in [0.25, 0.3) is 17.5 Å². The van der Waals surface area contributed by atoms with Gasteiger partial charge in [0.2, 0.25) is 0 Å². The van der Waals surface area contributed by atoms with Gasteiger partial charge in [-0.1, -0.05) is 6.07 Å². The Hall–Kier alpha value is -4.38. The van der Waals surface area contributed by atoms with Crippen LogP contribution in [0.4, 0.5) is 20.6 Å². The van der Waals surface area contributed by atoms with E-state index in [9.17, 15) is 28.9 Å². The van der Waals surface area contributed by atoms with Crippen molar-refractivity contribution in [1.82, 2.24) is 5.32 Å². The van der Waals surface area contributed by atoms with E-state index in [1.54, 1.807) is 30.3 Å². The number of carbonyl (C=O) groups excluding carboxylic acids is 3. The first-order valence-electron chi connectivity index (χ1n) is 10.1. The summed E-state index contributed by atoms with van der Waals surface area (Å²) < 4.78 is 19.5. The highest BCUT2D eigenvalue weighted by atomic mass is 79.9. The number of imide groups is 2. The highest BCUT2D eigenvalue weighted by Gasteiger charge is 2.36. The van der Waals surface area contributed by atoms with Crippen molar-refractivity contribution < 1.29 is 28.4 Å². The number of anilines is 1. The molecule has 0 aromatic heterocycles. The first-order valence-corrected chi connectivity index (χ1v) is 10.8. The molecule has 0 spiro atoms. The second-order valence-electron chi connectivity index (χ2n) is 7.34. The summed E-state index contributed by atoms with van der Waals surface area (Å²) in [5.41, 5.74) is 1.02. The molecular weight excluding hydrogens is 525 g/mol. The van der Waals surface area contributed by atoms with Gasteiger partial charge in [-0.05, 0) is 81.7 Å². The average molecular weight is 540 g/mol. The number of non-ortho nitro benzene ring substituents is 1. The largest absolute Gasteiger partial charge is 0.488 e. The normalized spacial score (nSPS) is 14.7. The van der Waals surface area contributed by atoms with E-state index in [0.717, 1.165) is 22.6 Å². The van der Waals surface area contributed by atoms with Gasteiger partial charge in [-0.3, -0.25) is 25.0 Å². The minimum Gasteiger partial charge on any atom is -0.488 e. The van der Waals surface area contributed by atoms with E-state index < -0.39 is 28.6 Å². The Labute approximate surface area is 206 Å². The molecule has 176 valence electrons. The number of hydrogen-bond acceptors (Lipinski definition) is 6. The number of barbiturate groups is 1. The molecule has 1 fully saturated rings. The van der Waals surface area contributed by atoms with Gasteiger partial charge < -0.3 is 4.74 Å². The number of benzene rings is 3. The van der Waals surface area contributed by atoms with Crippen molar-refractivity contribution in [2.45, 2.75) is 6.61 Å². The first-order chi connectivity index (χ1) is 16.7. The van der Waals surface area contributed by atoms with Crippen LogP contribution >= 0.6 is 15.9 Å². The van der Waals surface area contributed by atoms with Crippen LogP contribution in [-0.2, 0) is 16.2 Å². The zero-order chi connectivity index (χ0) is 25.1. The maximum atomic E-state index is 13.2. The fraction of sp³-hybridized carbons (Fsp3) is 0.0417. The lowest BCUT2D eigenvalue weighted by atomic mass is 10.1. The molecule has 0 saturated carbocycles. The van der Waals surface area contributed by atoms with Crippen LogP contribution in [0.2, 0.25) is 0 Å². The second kappa shape index (κ2) is 9.85. The molecule has 0 radical (unpaired) electrons. The van der Waals surface area contributed by atoms with Crippen LogP contribution in [0.15, 0.2) is 76.8 Å². The minimum absolute atomic E-state index is 0.0201. The third-order valence-electron chi connectivity index (χ3n) is 4.99. The highest BCUT2D eigenvalue weighted by molar-refractivity contribution is 9.10. The van der Waals surface area contributed by atoms with E-state index in [2.05, 4.69) is 21.2 Å². The van der Waals surface area contributed by atoms with Gasteiger partial charge in [-0.25, -0.2) is 14.1 Å². The molecule has 1 aliphatic rings. The molecule has 0 bridgehead atoms. The molecule has 0 unspecified atom stereocenters. The molecule has 1 saturated heterocycles. The molecule has 11 heteroatoms. The zero-order valence-electron chi connectivity index (χ0n) is 17.7. The van der Waals surface area contributed by atoms with Crippen molar-refractivity contribution in [3.63, 3.8) is 0 Å². The third kappa shape index (κ3) is 5.25. The molecule has 4 rings (SSSR count). The van der Waals surface area contributed by atoms with Gasteiger partial charge in [0.1, 0.15) is 23.7 Å². The highest BCUT2D eigenvalue weighted by Crippen LogP contribution is 2.29. The number of nitro benzene ring substituents is 1. The van der Waals surface area contributed by atoms with Crippen LogP contribution in [-0.4, -0.2) is 22.8 Å². The van der Waals surface area contributed by atoms with Crippen molar-refractivity contribution in [1.29, 1.82) is 0 Å². The number of halogens is 2. The Balaban J connectivity index is 1.52. The molecule has 1 N–H and O–H groups in total. The van der Waals surface area contributed by atoms with Crippen molar-refractivity contribution in [3.05, 3.63) is 104 Å². The topological polar surface area (TPSA) is 119 Å². The molecule has 0 aliphatic carbocycles. The van der Waals surface area contributed by atoms with Gasteiger partial charge in [-0.15, -0.1) is 0 Å². The number of amides is 4. The summed E-state index contributed by atoms with van der Waals surface area (Å²) >= 11 is 3.38. The molecule has 35 heavy (non-hydrogen) atoms. The second-order valence-corrected chi connectivity index (χ2v) is 8.19. The molecule has 0 atom stereocenters. The van der Waals surface area contributed by atoms with Crippen molar-refractivity contribution in [2.24, 2.45) is 0 Å². The van der Waals surface area contributed by atoms with Crippen LogP contribution in [0.3, 0.4) is 0 Å². The molecule has 1 aliphatic heterocycles. The minimum atomic E-state index is -0.931. The van der Waals surface area contributed by atoms with E-state index in [1.807, 2.05) is 0 Å². The number of nitrogens with one attached hydrogen (secondary N) is 1.